The normalized spacial score (nSPS) is 9.95. The van der Waals surface area contributed by atoms with Crippen LogP contribution in [0.25, 0.3) is 0 Å². The quantitative estimate of drug-likeness (QED) is 0.899. The fourth-order valence-corrected chi connectivity index (χ4v) is 1.53. The summed E-state index contributed by atoms with van der Waals surface area (Å²) in [5, 5.41) is 8.85. The molecule has 2 heterocycles. The minimum Gasteiger partial charge on any atom is -0.477 e. The zero-order valence-electron chi connectivity index (χ0n) is 10.1. The molecular formula is C13H11N3O3. The number of anilines is 1. The van der Waals surface area contributed by atoms with Crippen LogP contribution in [-0.4, -0.2) is 34.0 Å². The lowest BCUT2D eigenvalue weighted by molar-refractivity contribution is 0.0690. The van der Waals surface area contributed by atoms with Gasteiger partial charge in [0.1, 0.15) is 11.4 Å². The van der Waals surface area contributed by atoms with Crippen molar-refractivity contribution in [3.63, 3.8) is 0 Å². The predicted molar refractivity (Wildman–Crippen MR) is 68.2 cm³/mol. The maximum atomic E-state index is 12.2. The molecule has 2 aromatic heterocycles. The van der Waals surface area contributed by atoms with Crippen LogP contribution in [0.4, 0.5) is 5.69 Å². The molecule has 0 aromatic carbocycles. The highest BCUT2D eigenvalue weighted by atomic mass is 16.4. The molecule has 0 saturated carbocycles. The summed E-state index contributed by atoms with van der Waals surface area (Å²) in [6.07, 6.45) is 3.14. The monoisotopic (exact) mass is 257 g/mol. The lowest BCUT2D eigenvalue weighted by Crippen LogP contribution is -2.27. The molecule has 0 saturated heterocycles. The van der Waals surface area contributed by atoms with Crippen LogP contribution in [0.15, 0.2) is 42.7 Å². The smallest absolute Gasteiger partial charge is 0.354 e. The van der Waals surface area contributed by atoms with Crippen molar-refractivity contribution in [1.29, 1.82) is 0 Å². The van der Waals surface area contributed by atoms with E-state index in [-0.39, 0.29) is 17.3 Å². The van der Waals surface area contributed by atoms with Crippen molar-refractivity contribution in [3.05, 3.63) is 54.1 Å². The van der Waals surface area contributed by atoms with Gasteiger partial charge in [-0.2, -0.15) is 0 Å². The highest BCUT2D eigenvalue weighted by Gasteiger charge is 2.16. The first-order valence-corrected chi connectivity index (χ1v) is 5.48. The molecule has 1 N–H and O–H groups in total. The molecule has 2 rings (SSSR count). The highest BCUT2D eigenvalue weighted by Crippen LogP contribution is 2.13. The van der Waals surface area contributed by atoms with Gasteiger partial charge in [-0.1, -0.05) is 6.07 Å². The van der Waals surface area contributed by atoms with Crippen LogP contribution >= 0.6 is 0 Å². The van der Waals surface area contributed by atoms with Gasteiger partial charge < -0.3 is 10.0 Å². The number of amides is 1. The number of pyridine rings is 2. The van der Waals surface area contributed by atoms with E-state index in [1.54, 1.807) is 31.6 Å². The van der Waals surface area contributed by atoms with E-state index < -0.39 is 5.97 Å². The molecule has 0 unspecified atom stereocenters. The molecule has 0 spiro atoms. The molecule has 6 heteroatoms. The number of hydrogen-bond acceptors (Lipinski definition) is 4. The van der Waals surface area contributed by atoms with Gasteiger partial charge >= 0.3 is 5.97 Å². The topological polar surface area (TPSA) is 83.4 Å². The first-order valence-electron chi connectivity index (χ1n) is 5.48. The molecule has 0 aliphatic heterocycles. The van der Waals surface area contributed by atoms with Crippen LogP contribution < -0.4 is 4.90 Å². The Hall–Kier alpha value is -2.76. The van der Waals surface area contributed by atoms with Gasteiger partial charge in [0.15, 0.2) is 0 Å². The Morgan fingerprint density at radius 3 is 2.37 bits per heavy atom. The minimum absolute atomic E-state index is 0.0826. The predicted octanol–water partition coefficient (Wildman–Crippen LogP) is 1.45. The lowest BCUT2D eigenvalue weighted by atomic mass is 10.2. The number of aromatic nitrogens is 2. The molecule has 96 valence electrons. The molecule has 19 heavy (non-hydrogen) atoms. The average Bonchev–Trinajstić information content (AvgIpc) is 2.46. The van der Waals surface area contributed by atoms with E-state index in [2.05, 4.69) is 9.97 Å². The summed E-state index contributed by atoms with van der Waals surface area (Å²) in [6, 6.07) is 7.67. The number of carboxylic acid groups (broad SMARTS) is 1. The first-order chi connectivity index (χ1) is 9.09. The number of hydrogen-bond donors (Lipinski definition) is 1. The van der Waals surface area contributed by atoms with Crippen LogP contribution in [0.2, 0.25) is 0 Å². The van der Waals surface area contributed by atoms with Crippen LogP contribution in [0.5, 0.6) is 0 Å². The Kier molecular flexibility index (Phi) is 3.51. The molecule has 0 radical (unpaired) electrons. The Bertz CT molecular complexity index is 614. The summed E-state index contributed by atoms with van der Waals surface area (Å²) in [5.74, 6) is -1.55. The molecule has 2 aromatic rings. The lowest BCUT2D eigenvalue weighted by Gasteiger charge is -2.16. The third kappa shape index (κ3) is 2.74. The molecule has 0 bridgehead atoms. The van der Waals surface area contributed by atoms with Crippen molar-refractivity contribution in [2.45, 2.75) is 0 Å². The van der Waals surface area contributed by atoms with E-state index in [1.807, 2.05) is 0 Å². The number of rotatable bonds is 3. The van der Waals surface area contributed by atoms with E-state index in [4.69, 9.17) is 5.11 Å². The van der Waals surface area contributed by atoms with Gasteiger partial charge in [-0.15, -0.1) is 0 Å². The summed E-state index contributed by atoms with van der Waals surface area (Å²) < 4.78 is 0. The van der Waals surface area contributed by atoms with Gasteiger partial charge in [-0.05, 0) is 24.3 Å². The largest absolute Gasteiger partial charge is 0.477 e. The molecule has 0 aliphatic rings. The Labute approximate surface area is 109 Å². The number of carbonyl (C=O) groups excluding carboxylic acids is 1. The maximum Gasteiger partial charge on any atom is 0.354 e. The number of nitrogens with zero attached hydrogens (tertiary/aromatic N) is 3. The summed E-state index contributed by atoms with van der Waals surface area (Å²) in [4.78, 5) is 32.1. The maximum absolute atomic E-state index is 12.2. The highest BCUT2D eigenvalue weighted by molar-refractivity contribution is 6.04. The van der Waals surface area contributed by atoms with Gasteiger partial charge in [-0.3, -0.25) is 9.78 Å². The number of aromatic carboxylic acids is 1. The summed E-state index contributed by atoms with van der Waals surface area (Å²) in [7, 11) is 1.59. The van der Waals surface area contributed by atoms with Crippen LogP contribution in [0.1, 0.15) is 21.0 Å². The van der Waals surface area contributed by atoms with Crippen molar-refractivity contribution in [3.8, 4) is 0 Å². The van der Waals surface area contributed by atoms with Crippen molar-refractivity contribution in [2.24, 2.45) is 0 Å². The summed E-state index contributed by atoms with van der Waals surface area (Å²) >= 11 is 0. The third-order valence-electron chi connectivity index (χ3n) is 2.54. The third-order valence-corrected chi connectivity index (χ3v) is 2.54. The van der Waals surface area contributed by atoms with Gasteiger partial charge in [0, 0.05) is 25.1 Å². The van der Waals surface area contributed by atoms with Gasteiger partial charge in [0.25, 0.3) is 5.91 Å². The van der Waals surface area contributed by atoms with Gasteiger partial charge in [0.05, 0.1) is 0 Å². The van der Waals surface area contributed by atoms with Crippen LogP contribution in [0, 0.1) is 0 Å². The standard InChI is InChI=1S/C13H11N3O3/c1-16(9-5-7-14-8-6-9)12(17)10-3-2-4-11(15-10)13(18)19/h2-8H,1H3,(H,18,19). The van der Waals surface area contributed by atoms with Crippen LogP contribution in [0.3, 0.4) is 0 Å². The van der Waals surface area contributed by atoms with Gasteiger partial charge in [0.2, 0.25) is 0 Å². The van der Waals surface area contributed by atoms with Crippen molar-refractivity contribution >= 4 is 17.6 Å². The molecule has 0 atom stereocenters. The Morgan fingerprint density at radius 1 is 1.11 bits per heavy atom. The zero-order chi connectivity index (χ0) is 13.8. The van der Waals surface area contributed by atoms with E-state index in [1.165, 1.54) is 23.1 Å². The van der Waals surface area contributed by atoms with Gasteiger partial charge in [-0.25, -0.2) is 9.78 Å². The molecule has 0 fully saturated rings. The first kappa shape index (κ1) is 12.7. The molecule has 0 aliphatic carbocycles. The molecular weight excluding hydrogens is 246 g/mol. The van der Waals surface area contributed by atoms with E-state index in [9.17, 15) is 9.59 Å². The Morgan fingerprint density at radius 2 is 1.74 bits per heavy atom. The molecule has 6 nitrogen and oxygen atoms in total. The van der Waals surface area contributed by atoms with Crippen molar-refractivity contribution < 1.29 is 14.7 Å². The van der Waals surface area contributed by atoms with E-state index in [0.717, 1.165) is 0 Å². The van der Waals surface area contributed by atoms with Crippen molar-refractivity contribution in [1.82, 2.24) is 9.97 Å². The number of carboxylic acids is 1. The number of carbonyl (C=O) groups is 2. The second kappa shape index (κ2) is 5.26. The molecule has 1 amide bonds. The summed E-state index contributed by atoms with van der Waals surface area (Å²) in [5.41, 5.74) is 0.579. The second-order valence-corrected chi connectivity index (χ2v) is 3.78. The minimum atomic E-state index is -1.17. The summed E-state index contributed by atoms with van der Waals surface area (Å²) in [6.45, 7) is 0. The second-order valence-electron chi connectivity index (χ2n) is 3.78. The van der Waals surface area contributed by atoms with Crippen molar-refractivity contribution in [2.75, 3.05) is 11.9 Å². The van der Waals surface area contributed by atoms with E-state index in [0.29, 0.717) is 5.69 Å². The SMILES string of the molecule is CN(C(=O)c1cccc(C(=O)O)n1)c1ccncc1. The fourth-order valence-electron chi connectivity index (χ4n) is 1.53. The zero-order valence-corrected chi connectivity index (χ0v) is 10.1. The Balaban J connectivity index is 2.29. The average molecular weight is 257 g/mol. The van der Waals surface area contributed by atoms with Crippen LogP contribution in [-0.2, 0) is 0 Å². The van der Waals surface area contributed by atoms with E-state index >= 15 is 0 Å². The fraction of sp³-hybridized carbons (Fsp3) is 0.0769.